The standard InChI is InChI=1S/C20H23N5O/c1-13-5-8-17(9-6-13)20-22-24-25(23-20)12-19(26)21-16(4)18-10-7-14(2)15(3)11-18/h5-11,16H,12H2,1-4H3,(H,21,26)/t16-/m1/s1. The van der Waals surface area contributed by atoms with Gasteiger partial charge >= 0.3 is 0 Å². The lowest BCUT2D eigenvalue weighted by atomic mass is 10.0. The number of aromatic nitrogens is 4. The first-order valence-electron chi connectivity index (χ1n) is 8.64. The summed E-state index contributed by atoms with van der Waals surface area (Å²) < 4.78 is 0. The number of aryl methyl sites for hydroxylation is 3. The van der Waals surface area contributed by atoms with Crippen molar-refractivity contribution in [1.82, 2.24) is 25.5 Å². The zero-order valence-electron chi connectivity index (χ0n) is 15.5. The van der Waals surface area contributed by atoms with Crippen molar-refractivity contribution in [2.24, 2.45) is 0 Å². The summed E-state index contributed by atoms with van der Waals surface area (Å²) in [6, 6.07) is 14.0. The molecule has 1 amide bonds. The van der Waals surface area contributed by atoms with E-state index >= 15 is 0 Å². The molecule has 0 fully saturated rings. The maximum Gasteiger partial charge on any atom is 0.244 e. The van der Waals surface area contributed by atoms with Crippen molar-refractivity contribution in [3.63, 3.8) is 0 Å². The van der Waals surface area contributed by atoms with Gasteiger partial charge in [-0.2, -0.15) is 4.80 Å². The number of benzene rings is 2. The number of rotatable bonds is 5. The molecule has 6 nitrogen and oxygen atoms in total. The van der Waals surface area contributed by atoms with E-state index in [1.54, 1.807) is 0 Å². The van der Waals surface area contributed by atoms with Gasteiger partial charge in [-0.3, -0.25) is 4.79 Å². The molecule has 2 aromatic carbocycles. The molecule has 1 heterocycles. The van der Waals surface area contributed by atoms with Crippen LogP contribution in [0.25, 0.3) is 11.4 Å². The normalized spacial score (nSPS) is 12.0. The van der Waals surface area contributed by atoms with Gasteiger partial charge in [0.25, 0.3) is 0 Å². The molecule has 1 atom stereocenters. The summed E-state index contributed by atoms with van der Waals surface area (Å²) in [7, 11) is 0. The highest BCUT2D eigenvalue weighted by atomic mass is 16.2. The molecule has 3 aromatic rings. The van der Waals surface area contributed by atoms with Gasteiger partial charge in [0.15, 0.2) is 0 Å². The van der Waals surface area contributed by atoms with E-state index in [-0.39, 0.29) is 18.5 Å². The van der Waals surface area contributed by atoms with E-state index in [1.165, 1.54) is 21.5 Å². The van der Waals surface area contributed by atoms with Crippen LogP contribution in [0.3, 0.4) is 0 Å². The highest BCUT2D eigenvalue weighted by Crippen LogP contribution is 2.17. The molecule has 0 aliphatic carbocycles. The van der Waals surface area contributed by atoms with Crippen molar-refractivity contribution in [2.75, 3.05) is 0 Å². The Morgan fingerprint density at radius 3 is 2.50 bits per heavy atom. The van der Waals surface area contributed by atoms with E-state index < -0.39 is 0 Å². The van der Waals surface area contributed by atoms with Crippen LogP contribution in [0, 0.1) is 20.8 Å². The first-order valence-corrected chi connectivity index (χ1v) is 8.64. The fourth-order valence-electron chi connectivity index (χ4n) is 2.66. The summed E-state index contributed by atoms with van der Waals surface area (Å²) in [5.74, 6) is 0.364. The van der Waals surface area contributed by atoms with Crippen molar-refractivity contribution in [1.29, 1.82) is 0 Å². The fraction of sp³-hybridized carbons (Fsp3) is 0.300. The van der Waals surface area contributed by atoms with Crippen LogP contribution in [0.2, 0.25) is 0 Å². The predicted molar refractivity (Wildman–Crippen MR) is 100 cm³/mol. The first kappa shape index (κ1) is 17.8. The number of hydrogen-bond donors (Lipinski definition) is 1. The second-order valence-electron chi connectivity index (χ2n) is 6.64. The molecule has 0 spiro atoms. The van der Waals surface area contributed by atoms with Crippen LogP contribution in [0.1, 0.15) is 35.2 Å². The van der Waals surface area contributed by atoms with Crippen molar-refractivity contribution in [3.05, 3.63) is 64.7 Å². The number of hydrogen-bond acceptors (Lipinski definition) is 4. The van der Waals surface area contributed by atoms with Gasteiger partial charge in [0.05, 0.1) is 6.04 Å². The molecule has 0 radical (unpaired) electrons. The molecule has 134 valence electrons. The molecule has 26 heavy (non-hydrogen) atoms. The van der Waals surface area contributed by atoms with Crippen LogP contribution in [0.4, 0.5) is 0 Å². The molecule has 3 rings (SSSR count). The van der Waals surface area contributed by atoms with E-state index in [2.05, 4.69) is 46.7 Å². The Balaban J connectivity index is 1.63. The third-order valence-corrected chi connectivity index (χ3v) is 4.46. The molecule has 6 heteroatoms. The SMILES string of the molecule is Cc1ccc(-c2nnn(CC(=O)N[C@H](C)c3ccc(C)c(C)c3)n2)cc1. The molecule has 1 N–H and O–H groups in total. The highest BCUT2D eigenvalue weighted by Gasteiger charge is 2.13. The number of nitrogens with one attached hydrogen (secondary N) is 1. The quantitative estimate of drug-likeness (QED) is 0.768. The van der Waals surface area contributed by atoms with E-state index in [9.17, 15) is 4.79 Å². The van der Waals surface area contributed by atoms with Crippen LogP contribution in [-0.2, 0) is 11.3 Å². The van der Waals surface area contributed by atoms with Crippen LogP contribution < -0.4 is 5.32 Å². The summed E-state index contributed by atoms with van der Waals surface area (Å²) in [6.45, 7) is 8.17. The third kappa shape index (κ3) is 4.14. The summed E-state index contributed by atoms with van der Waals surface area (Å²) in [5.41, 5.74) is 5.58. The van der Waals surface area contributed by atoms with Gasteiger partial charge in [0, 0.05) is 5.56 Å². The van der Waals surface area contributed by atoms with E-state index in [4.69, 9.17) is 0 Å². The topological polar surface area (TPSA) is 72.7 Å². The van der Waals surface area contributed by atoms with Gasteiger partial charge in [-0.1, -0.05) is 48.0 Å². The third-order valence-electron chi connectivity index (χ3n) is 4.46. The molecule has 0 bridgehead atoms. The second kappa shape index (κ2) is 7.47. The lowest BCUT2D eigenvalue weighted by Crippen LogP contribution is -2.30. The zero-order valence-corrected chi connectivity index (χ0v) is 15.5. The maximum atomic E-state index is 12.3. The molecule has 0 unspecified atom stereocenters. The Bertz CT molecular complexity index is 914. The number of tetrazole rings is 1. The Hall–Kier alpha value is -3.02. The Labute approximate surface area is 153 Å². The van der Waals surface area contributed by atoms with Gasteiger partial charge in [-0.15, -0.1) is 10.2 Å². The largest absolute Gasteiger partial charge is 0.348 e. The van der Waals surface area contributed by atoms with Gasteiger partial charge in [0.1, 0.15) is 6.54 Å². The van der Waals surface area contributed by atoms with Crippen LogP contribution in [-0.4, -0.2) is 26.1 Å². The molecular weight excluding hydrogens is 326 g/mol. The average molecular weight is 349 g/mol. The second-order valence-corrected chi connectivity index (χ2v) is 6.64. The minimum atomic E-state index is -0.149. The lowest BCUT2D eigenvalue weighted by Gasteiger charge is -2.15. The summed E-state index contributed by atoms with van der Waals surface area (Å²) in [6.07, 6.45) is 0. The first-order chi connectivity index (χ1) is 12.4. The van der Waals surface area contributed by atoms with E-state index in [0.717, 1.165) is 11.1 Å². The molecule has 0 saturated carbocycles. The van der Waals surface area contributed by atoms with Crippen molar-refractivity contribution < 1.29 is 4.79 Å². The molecule has 0 saturated heterocycles. The number of amides is 1. The minimum Gasteiger partial charge on any atom is -0.348 e. The Morgan fingerprint density at radius 1 is 1.08 bits per heavy atom. The van der Waals surface area contributed by atoms with Crippen LogP contribution in [0.15, 0.2) is 42.5 Å². The highest BCUT2D eigenvalue weighted by molar-refractivity contribution is 5.76. The smallest absolute Gasteiger partial charge is 0.244 e. The molecule has 1 aromatic heterocycles. The average Bonchev–Trinajstić information content (AvgIpc) is 3.06. The fourth-order valence-corrected chi connectivity index (χ4v) is 2.66. The molecular formula is C20H23N5O. The summed E-state index contributed by atoms with van der Waals surface area (Å²) >= 11 is 0. The van der Waals surface area contributed by atoms with Crippen molar-refractivity contribution in [3.8, 4) is 11.4 Å². The van der Waals surface area contributed by atoms with Crippen LogP contribution in [0.5, 0.6) is 0 Å². The van der Waals surface area contributed by atoms with E-state index in [0.29, 0.717) is 5.82 Å². The van der Waals surface area contributed by atoms with Gasteiger partial charge in [-0.05, 0) is 49.6 Å². The zero-order chi connectivity index (χ0) is 18.7. The number of carbonyl (C=O) groups is 1. The Kier molecular flexibility index (Phi) is 5.11. The number of carbonyl (C=O) groups excluding carboxylic acids is 1. The van der Waals surface area contributed by atoms with Gasteiger partial charge in [-0.25, -0.2) is 0 Å². The van der Waals surface area contributed by atoms with Crippen molar-refractivity contribution >= 4 is 5.91 Å². The number of nitrogens with zero attached hydrogens (tertiary/aromatic N) is 4. The molecule has 0 aliphatic rings. The molecule has 0 aliphatic heterocycles. The van der Waals surface area contributed by atoms with Gasteiger partial charge in [0.2, 0.25) is 11.7 Å². The Morgan fingerprint density at radius 2 is 1.81 bits per heavy atom. The predicted octanol–water partition coefficient (Wildman–Crippen LogP) is 3.14. The van der Waals surface area contributed by atoms with E-state index in [1.807, 2.05) is 44.2 Å². The summed E-state index contributed by atoms with van der Waals surface area (Å²) in [5, 5.41) is 15.3. The van der Waals surface area contributed by atoms with Gasteiger partial charge < -0.3 is 5.32 Å². The minimum absolute atomic E-state index is 0.0358. The lowest BCUT2D eigenvalue weighted by molar-refractivity contribution is -0.122. The van der Waals surface area contributed by atoms with Crippen LogP contribution >= 0.6 is 0 Å². The maximum absolute atomic E-state index is 12.3. The summed E-state index contributed by atoms with van der Waals surface area (Å²) in [4.78, 5) is 13.6. The van der Waals surface area contributed by atoms with Crippen molar-refractivity contribution in [2.45, 2.75) is 40.3 Å². The monoisotopic (exact) mass is 349 g/mol.